The van der Waals surface area contributed by atoms with Gasteiger partial charge < -0.3 is 9.26 Å². The van der Waals surface area contributed by atoms with Crippen molar-refractivity contribution in [2.45, 2.75) is 19.8 Å². The third-order valence-corrected chi connectivity index (χ3v) is 3.50. The second kappa shape index (κ2) is 6.43. The molecular weight excluding hydrogens is 276 g/mol. The highest BCUT2D eigenvalue weighted by molar-refractivity contribution is 5.68. The van der Waals surface area contributed by atoms with Gasteiger partial charge in [-0.25, -0.2) is 0 Å². The third-order valence-electron chi connectivity index (χ3n) is 3.50. The zero-order valence-corrected chi connectivity index (χ0v) is 12.7. The van der Waals surface area contributed by atoms with Crippen LogP contribution in [-0.2, 0) is 6.42 Å². The number of hydrogen-bond acceptors (Lipinski definition) is 4. The molecule has 112 valence electrons. The van der Waals surface area contributed by atoms with Gasteiger partial charge in [0.25, 0.3) is 0 Å². The zero-order valence-electron chi connectivity index (χ0n) is 12.7. The SMILES string of the molecule is CCCc1nc(-c2ccc(-c3ccc(OC)cc3)cc2)no1. The largest absolute Gasteiger partial charge is 0.497 e. The molecule has 3 rings (SSSR count). The standard InChI is InChI=1S/C18H18N2O2/c1-3-4-17-19-18(20-22-17)15-7-5-13(6-8-15)14-9-11-16(21-2)12-10-14/h5-12H,3-4H2,1-2H3. The van der Waals surface area contributed by atoms with Crippen LogP contribution in [0.3, 0.4) is 0 Å². The van der Waals surface area contributed by atoms with Crippen molar-refractivity contribution in [3.63, 3.8) is 0 Å². The number of rotatable bonds is 5. The van der Waals surface area contributed by atoms with Crippen LogP contribution in [0.5, 0.6) is 5.75 Å². The van der Waals surface area contributed by atoms with Gasteiger partial charge in [-0.3, -0.25) is 0 Å². The average molecular weight is 294 g/mol. The van der Waals surface area contributed by atoms with Gasteiger partial charge in [0.05, 0.1) is 7.11 Å². The quantitative estimate of drug-likeness (QED) is 0.701. The normalized spacial score (nSPS) is 10.6. The second-order valence-corrected chi connectivity index (χ2v) is 5.07. The average Bonchev–Trinajstić information content (AvgIpc) is 3.04. The van der Waals surface area contributed by atoms with E-state index in [2.05, 4.69) is 29.2 Å². The van der Waals surface area contributed by atoms with Crippen molar-refractivity contribution < 1.29 is 9.26 Å². The Morgan fingerprint density at radius 2 is 1.50 bits per heavy atom. The number of aromatic nitrogens is 2. The van der Waals surface area contributed by atoms with Crippen LogP contribution in [0, 0.1) is 0 Å². The molecule has 4 nitrogen and oxygen atoms in total. The summed E-state index contributed by atoms with van der Waals surface area (Å²) in [4.78, 5) is 4.40. The second-order valence-electron chi connectivity index (χ2n) is 5.07. The van der Waals surface area contributed by atoms with Crippen LogP contribution in [0.15, 0.2) is 53.1 Å². The van der Waals surface area contributed by atoms with Crippen molar-refractivity contribution in [2.24, 2.45) is 0 Å². The van der Waals surface area contributed by atoms with Gasteiger partial charge in [0.2, 0.25) is 11.7 Å². The lowest BCUT2D eigenvalue weighted by Gasteiger charge is -2.04. The molecule has 3 aromatic rings. The fourth-order valence-corrected chi connectivity index (χ4v) is 2.28. The van der Waals surface area contributed by atoms with Gasteiger partial charge in [-0.05, 0) is 29.7 Å². The molecule has 0 N–H and O–H groups in total. The van der Waals surface area contributed by atoms with Crippen molar-refractivity contribution in [1.29, 1.82) is 0 Å². The van der Waals surface area contributed by atoms with Crippen LogP contribution in [-0.4, -0.2) is 17.3 Å². The Labute approximate surface area is 129 Å². The molecule has 0 bridgehead atoms. The van der Waals surface area contributed by atoms with E-state index in [1.165, 1.54) is 0 Å². The molecule has 2 aromatic carbocycles. The van der Waals surface area contributed by atoms with Gasteiger partial charge in [0, 0.05) is 12.0 Å². The number of ether oxygens (including phenoxy) is 1. The number of aryl methyl sites for hydroxylation is 1. The number of benzene rings is 2. The Kier molecular flexibility index (Phi) is 4.19. The molecule has 0 saturated carbocycles. The summed E-state index contributed by atoms with van der Waals surface area (Å²) in [6, 6.07) is 16.2. The zero-order chi connectivity index (χ0) is 15.4. The fraction of sp³-hybridized carbons (Fsp3) is 0.222. The van der Waals surface area contributed by atoms with E-state index < -0.39 is 0 Å². The fourth-order valence-electron chi connectivity index (χ4n) is 2.28. The van der Waals surface area contributed by atoms with E-state index in [0.29, 0.717) is 11.7 Å². The molecule has 0 spiro atoms. The molecule has 0 amide bonds. The van der Waals surface area contributed by atoms with Gasteiger partial charge in [0.1, 0.15) is 5.75 Å². The summed E-state index contributed by atoms with van der Waals surface area (Å²) >= 11 is 0. The third kappa shape index (κ3) is 3.01. The summed E-state index contributed by atoms with van der Waals surface area (Å²) in [6.45, 7) is 2.09. The maximum absolute atomic E-state index is 5.22. The summed E-state index contributed by atoms with van der Waals surface area (Å²) in [5.74, 6) is 2.19. The predicted octanol–water partition coefficient (Wildman–Crippen LogP) is 4.36. The molecule has 0 radical (unpaired) electrons. The minimum absolute atomic E-state index is 0.643. The Balaban J connectivity index is 1.81. The molecule has 0 saturated heterocycles. The molecule has 22 heavy (non-hydrogen) atoms. The lowest BCUT2D eigenvalue weighted by atomic mass is 10.0. The van der Waals surface area contributed by atoms with E-state index in [1.807, 2.05) is 36.4 Å². The van der Waals surface area contributed by atoms with Gasteiger partial charge in [-0.15, -0.1) is 0 Å². The van der Waals surface area contributed by atoms with Crippen molar-refractivity contribution >= 4 is 0 Å². The van der Waals surface area contributed by atoms with E-state index in [1.54, 1.807) is 7.11 Å². The predicted molar refractivity (Wildman–Crippen MR) is 85.7 cm³/mol. The molecule has 1 heterocycles. The van der Waals surface area contributed by atoms with Crippen LogP contribution >= 0.6 is 0 Å². The number of methoxy groups -OCH3 is 1. The minimum atomic E-state index is 0.643. The van der Waals surface area contributed by atoms with Crippen molar-refractivity contribution in [3.05, 3.63) is 54.4 Å². The smallest absolute Gasteiger partial charge is 0.226 e. The van der Waals surface area contributed by atoms with Crippen LogP contribution in [0.4, 0.5) is 0 Å². The molecule has 0 unspecified atom stereocenters. The van der Waals surface area contributed by atoms with Crippen LogP contribution in [0.1, 0.15) is 19.2 Å². The lowest BCUT2D eigenvalue weighted by Crippen LogP contribution is -1.85. The molecular formula is C18H18N2O2. The van der Waals surface area contributed by atoms with Gasteiger partial charge in [-0.2, -0.15) is 4.98 Å². The molecule has 0 fully saturated rings. The molecule has 1 aromatic heterocycles. The topological polar surface area (TPSA) is 48.2 Å². The summed E-state index contributed by atoms with van der Waals surface area (Å²) in [6.07, 6.45) is 1.81. The van der Waals surface area contributed by atoms with Crippen LogP contribution in [0.2, 0.25) is 0 Å². The Hall–Kier alpha value is -2.62. The van der Waals surface area contributed by atoms with Crippen molar-refractivity contribution in [2.75, 3.05) is 7.11 Å². The first-order chi connectivity index (χ1) is 10.8. The van der Waals surface area contributed by atoms with E-state index >= 15 is 0 Å². The Morgan fingerprint density at radius 3 is 2.09 bits per heavy atom. The maximum Gasteiger partial charge on any atom is 0.226 e. The molecule has 0 aliphatic carbocycles. The Morgan fingerprint density at radius 1 is 0.909 bits per heavy atom. The van der Waals surface area contributed by atoms with Crippen LogP contribution < -0.4 is 4.74 Å². The van der Waals surface area contributed by atoms with Crippen molar-refractivity contribution in [3.8, 4) is 28.3 Å². The highest BCUT2D eigenvalue weighted by atomic mass is 16.5. The molecule has 0 aliphatic heterocycles. The number of hydrogen-bond donors (Lipinski definition) is 0. The first-order valence-electron chi connectivity index (χ1n) is 7.37. The minimum Gasteiger partial charge on any atom is -0.497 e. The van der Waals surface area contributed by atoms with E-state index in [4.69, 9.17) is 9.26 Å². The Bertz CT molecular complexity index is 731. The lowest BCUT2D eigenvalue weighted by molar-refractivity contribution is 0.378. The van der Waals surface area contributed by atoms with E-state index in [-0.39, 0.29) is 0 Å². The first kappa shape index (κ1) is 14.3. The van der Waals surface area contributed by atoms with Gasteiger partial charge >= 0.3 is 0 Å². The summed E-state index contributed by atoms with van der Waals surface area (Å²) in [5.41, 5.74) is 3.25. The highest BCUT2D eigenvalue weighted by Crippen LogP contribution is 2.25. The monoisotopic (exact) mass is 294 g/mol. The summed E-state index contributed by atoms with van der Waals surface area (Å²) in [7, 11) is 1.67. The molecule has 4 heteroatoms. The van der Waals surface area contributed by atoms with Crippen LogP contribution in [0.25, 0.3) is 22.5 Å². The molecule has 0 aliphatic rings. The summed E-state index contributed by atoms with van der Waals surface area (Å²) in [5, 5.41) is 4.03. The van der Waals surface area contributed by atoms with Gasteiger partial charge in [0.15, 0.2) is 0 Å². The van der Waals surface area contributed by atoms with E-state index in [0.717, 1.165) is 35.3 Å². The van der Waals surface area contributed by atoms with Crippen molar-refractivity contribution in [1.82, 2.24) is 10.1 Å². The number of nitrogens with zero attached hydrogens (tertiary/aromatic N) is 2. The first-order valence-corrected chi connectivity index (χ1v) is 7.37. The van der Waals surface area contributed by atoms with Gasteiger partial charge in [-0.1, -0.05) is 48.5 Å². The van der Waals surface area contributed by atoms with E-state index in [9.17, 15) is 0 Å². The maximum atomic E-state index is 5.22. The summed E-state index contributed by atoms with van der Waals surface area (Å²) < 4.78 is 10.4. The molecule has 0 atom stereocenters. The highest BCUT2D eigenvalue weighted by Gasteiger charge is 2.08.